The van der Waals surface area contributed by atoms with Gasteiger partial charge in [0.1, 0.15) is 17.3 Å². The van der Waals surface area contributed by atoms with Crippen molar-refractivity contribution in [2.45, 2.75) is 32.2 Å². The van der Waals surface area contributed by atoms with Crippen LogP contribution < -0.4 is 20.7 Å². The molecule has 0 radical (unpaired) electrons. The van der Waals surface area contributed by atoms with Gasteiger partial charge in [-0.2, -0.15) is 0 Å². The van der Waals surface area contributed by atoms with Gasteiger partial charge in [-0.15, -0.1) is 11.3 Å². The van der Waals surface area contributed by atoms with Gasteiger partial charge in [-0.3, -0.25) is 9.59 Å². The summed E-state index contributed by atoms with van der Waals surface area (Å²) in [6.07, 6.45) is 3.94. The summed E-state index contributed by atoms with van der Waals surface area (Å²) in [7, 11) is 3.53. The molecule has 0 bridgehead atoms. The Kier molecular flexibility index (Phi) is 6.59. The maximum Gasteiger partial charge on any atom is 0.280 e. The maximum absolute atomic E-state index is 12.6. The van der Waals surface area contributed by atoms with E-state index in [1.165, 1.54) is 16.2 Å². The second-order valence-electron chi connectivity index (χ2n) is 7.09. The van der Waals surface area contributed by atoms with Gasteiger partial charge in [0.05, 0.1) is 19.7 Å². The summed E-state index contributed by atoms with van der Waals surface area (Å²) in [6.45, 7) is 0.831. The highest BCUT2D eigenvalue weighted by Crippen LogP contribution is 2.37. The third-order valence-electron chi connectivity index (χ3n) is 4.87. The molecule has 28 heavy (non-hydrogen) atoms. The van der Waals surface area contributed by atoms with Crippen molar-refractivity contribution in [2.75, 3.05) is 26.0 Å². The standard InChI is InChI=1S/C20H24ClN3O3S/c1-24(10-12-9-13(21)7-8-15(12)27-2)11-17(25)23-20-18(19(22)26)14-5-3-4-6-16(14)28-20/h7-9H,3-6,10-11H2,1-2H3,(H2,22,26)(H,23,25)/p+1. The van der Waals surface area contributed by atoms with Crippen LogP contribution in [0.5, 0.6) is 5.75 Å². The van der Waals surface area contributed by atoms with Crippen LogP contribution in [0.3, 0.4) is 0 Å². The first-order valence-corrected chi connectivity index (χ1v) is 10.5. The molecule has 2 amide bonds. The number of fused-ring (bicyclic) bond motifs is 1. The largest absolute Gasteiger partial charge is 0.496 e. The molecule has 150 valence electrons. The Balaban J connectivity index is 1.68. The number of ether oxygens (including phenoxy) is 1. The molecule has 0 saturated heterocycles. The molecule has 0 spiro atoms. The topological polar surface area (TPSA) is 85.9 Å². The number of hydrogen-bond acceptors (Lipinski definition) is 4. The van der Waals surface area contributed by atoms with Crippen molar-refractivity contribution in [1.29, 1.82) is 0 Å². The summed E-state index contributed by atoms with van der Waals surface area (Å²) < 4.78 is 5.37. The van der Waals surface area contributed by atoms with Crippen LogP contribution in [0.4, 0.5) is 5.00 Å². The maximum atomic E-state index is 12.6. The quantitative estimate of drug-likeness (QED) is 0.638. The van der Waals surface area contributed by atoms with Gasteiger partial charge in [0.15, 0.2) is 6.54 Å². The average molecular weight is 423 g/mol. The lowest BCUT2D eigenvalue weighted by atomic mass is 9.95. The molecular formula is C20H25ClN3O3S+. The van der Waals surface area contributed by atoms with Crippen LogP contribution in [0.1, 0.15) is 39.2 Å². The predicted molar refractivity (Wildman–Crippen MR) is 112 cm³/mol. The number of methoxy groups -OCH3 is 1. The summed E-state index contributed by atoms with van der Waals surface area (Å²) in [5, 5.41) is 4.12. The van der Waals surface area contributed by atoms with E-state index in [1.54, 1.807) is 13.2 Å². The molecule has 2 aromatic rings. The Morgan fingerprint density at radius 1 is 1.32 bits per heavy atom. The summed E-state index contributed by atoms with van der Waals surface area (Å²) >= 11 is 7.56. The third kappa shape index (κ3) is 4.66. The van der Waals surface area contributed by atoms with Crippen molar-refractivity contribution < 1.29 is 19.2 Å². The van der Waals surface area contributed by atoms with Gasteiger partial charge in [-0.1, -0.05) is 11.6 Å². The zero-order valence-corrected chi connectivity index (χ0v) is 17.6. The fourth-order valence-electron chi connectivity index (χ4n) is 3.63. The molecule has 3 rings (SSSR count). The van der Waals surface area contributed by atoms with Crippen LogP contribution in [-0.2, 0) is 24.2 Å². The Labute approximate surface area is 173 Å². The molecule has 6 nitrogen and oxygen atoms in total. The number of primary amides is 1. The van der Waals surface area contributed by atoms with Crippen molar-refractivity contribution in [1.82, 2.24) is 0 Å². The molecule has 8 heteroatoms. The van der Waals surface area contributed by atoms with E-state index in [-0.39, 0.29) is 12.5 Å². The van der Waals surface area contributed by atoms with E-state index in [2.05, 4.69) is 5.32 Å². The number of likely N-dealkylation sites (N-methyl/N-ethyl adjacent to an activating group) is 1. The normalized spacial score (nSPS) is 14.2. The Morgan fingerprint density at radius 3 is 2.79 bits per heavy atom. The Hall–Kier alpha value is -2.09. The number of amides is 2. The number of halogens is 1. The van der Waals surface area contributed by atoms with Crippen molar-refractivity contribution in [3.63, 3.8) is 0 Å². The zero-order valence-electron chi connectivity index (χ0n) is 16.1. The van der Waals surface area contributed by atoms with Crippen molar-refractivity contribution >= 4 is 39.8 Å². The van der Waals surface area contributed by atoms with E-state index in [0.717, 1.165) is 47.5 Å². The minimum absolute atomic E-state index is 0.153. The molecule has 1 atom stereocenters. The number of thiophene rings is 1. The molecule has 1 heterocycles. The molecule has 1 aromatic carbocycles. The number of benzene rings is 1. The monoisotopic (exact) mass is 422 g/mol. The number of carbonyl (C=O) groups excluding carboxylic acids is 2. The Bertz CT molecular complexity index is 897. The fraction of sp³-hybridized carbons (Fsp3) is 0.400. The minimum Gasteiger partial charge on any atom is -0.496 e. The van der Waals surface area contributed by atoms with E-state index in [0.29, 0.717) is 22.1 Å². The number of nitrogens with two attached hydrogens (primary N) is 1. The number of carbonyl (C=O) groups is 2. The fourth-order valence-corrected chi connectivity index (χ4v) is 5.14. The summed E-state index contributed by atoms with van der Waals surface area (Å²) in [4.78, 5) is 26.7. The summed E-state index contributed by atoms with van der Waals surface area (Å²) in [5.74, 6) is 0.116. The minimum atomic E-state index is -0.473. The number of quaternary nitrogens is 1. The van der Waals surface area contributed by atoms with Gasteiger partial charge < -0.3 is 20.7 Å². The predicted octanol–water partition coefficient (Wildman–Crippen LogP) is 2.04. The number of nitrogens with one attached hydrogen (secondary N) is 2. The molecule has 0 saturated carbocycles. The average Bonchev–Trinajstić information content (AvgIpc) is 2.99. The van der Waals surface area contributed by atoms with Crippen molar-refractivity contribution in [3.8, 4) is 5.75 Å². The molecular weight excluding hydrogens is 398 g/mol. The molecule has 0 aliphatic heterocycles. The molecule has 1 unspecified atom stereocenters. The first-order valence-electron chi connectivity index (χ1n) is 9.27. The molecule has 1 aromatic heterocycles. The van der Waals surface area contributed by atoms with E-state index >= 15 is 0 Å². The highest BCUT2D eigenvalue weighted by Gasteiger charge is 2.25. The highest BCUT2D eigenvalue weighted by atomic mass is 35.5. The van der Waals surface area contributed by atoms with Gasteiger partial charge in [0.2, 0.25) is 0 Å². The van der Waals surface area contributed by atoms with Gasteiger partial charge >= 0.3 is 0 Å². The number of hydrogen-bond donors (Lipinski definition) is 3. The van der Waals surface area contributed by atoms with Crippen LogP contribution in [0.2, 0.25) is 5.02 Å². The lowest BCUT2D eigenvalue weighted by Crippen LogP contribution is -3.08. The first kappa shape index (κ1) is 20.6. The number of rotatable bonds is 7. The first-order chi connectivity index (χ1) is 13.4. The van der Waals surface area contributed by atoms with Crippen molar-refractivity contribution in [2.24, 2.45) is 5.73 Å². The summed E-state index contributed by atoms with van der Waals surface area (Å²) in [6, 6.07) is 5.44. The highest BCUT2D eigenvalue weighted by molar-refractivity contribution is 7.17. The summed E-state index contributed by atoms with van der Waals surface area (Å²) in [5.41, 5.74) is 8.03. The van der Waals surface area contributed by atoms with Gasteiger partial charge in [-0.05, 0) is 49.4 Å². The Morgan fingerprint density at radius 2 is 2.07 bits per heavy atom. The van der Waals surface area contributed by atoms with Gasteiger partial charge in [0, 0.05) is 15.5 Å². The van der Waals surface area contributed by atoms with Crippen LogP contribution in [0.15, 0.2) is 18.2 Å². The lowest BCUT2D eigenvalue weighted by Gasteiger charge is -2.16. The number of aryl methyl sites for hydroxylation is 1. The molecule has 1 aliphatic carbocycles. The SMILES string of the molecule is COc1ccc(Cl)cc1C[NH+](C)CC(=O)Nc1sc2c(c1C(N)=O)CCCC2. The van der Waals surface area contributed by atoms with E-state index < -0.39 is 5.91 Å². The van der Waals surface area contributed by atoms with Crippen LogP contribution in [0, 0.1) is 0 Å². The lowest BCUT2D eigenvalue weighted by molar-refractivity contribution is -0.885. The van der Waals surface area contributed by atoms with E-state index in [1.807, 2.05) is 19.2 Å². The molecule has 4 N–H and O–H groups in total. The van der Waals surface area contributed by atoms with Crippen LogP contribution in [0.25, 0.3) is 0 Å². The zero-order chi connectivity index (χ0) is 20.3. The van der Waals surface area contributed by atoms with Crippen LogP contribution in [-0.4, -0.2) is 32.5 Å². The number of anilines is 1. The van der Waals surface area contributed by atoms with E-state index in [4.69, 9.17) is 22.1 Å². The van der Waals surface area contributed by atoms with Gasteiger partial charge in [0.25, 0.3) is 11.8 Å². The molecule has 1 aliphatic rings. The second kappa shape index (κ2) is 8.94. The van der Waals surface area contributed by atoms with Gasteiger partial charge in [-0.25, -0.2) is 0 Å². The smallest absolute Gasteiger partial charge is 0.280 e. The van der Waals surface area contributed by atoms with E-state index in [9.17, 15) is 9.59 Å². The molecule has 0 fully saturated rings. The van der Waals surface area contributed by atoms with Crippen LogP contribution >= 0.6 is 22.9 Å². The third-order valence-corrected chi connectivity index (χ3v) is 6.31. The van der Waals surface area contributed by atoms with Crippen molar-refractivity contribution in [3.05, 3.63) is 44.8 Å². The second-order valence-corrected chi connectivity index (χ2v) is 8.64.